The molecule has 0 aliphatic carbocycles. The largest absolute Gasteiger partial charge is 0.359 e. The van der Waals surface area contributed by atoms with Crippen LogP contribution in [0, 0.1) is 0 Å². The van der Waals surface area contributed by atoms with Crippen molar-refractivity contribution in [3.63, 3.8) is 0 Å². The maximum absolute atomic E-state index is 12.3. The first kappa shape index (κ1) is 13.0. The van der Waals surface area contributed by atoms with Gasteiger partial charge in [-0.25, -0.2) is 4.79 Å². The average molecular weight is 273 g/mol. The van der Waals surface area contributed by atoms with Gasteiger partial charge in [-0.2, -0.15) is 0 Å². The molecule has 0 saturated carbocycles. The number of hydrogen-bond donors (Lipinski definition) is 1. The summed E-state index contributed by atoms with van der Waals surface area (Å²) in [6.07, 6.45) is 2.09. The summed E-state index contributed by atoms with van der Waals surface area (Å²) in [4.78, 5) is 27.3. The van der Waals surface area contributed by atoms with E-state index in [0.29, 0.717) is 19.1 Å². The van der Waals surface area contributed by atoms with Crippen LogP contribution in [0.15, 0.2) is 24.3 Å². The van der Waals surface area contributed by atoms with Crippen molar-refractivity contribution < 1.29 is 9.59 Å². The number of rotatable bonds is 2. The van der Waals surface area contributed by atoms with Gasteiger partial charge >= 0.3 is 6.03 Å². The van der Waals surface area contributed by atoms with E-state index < -0.39 is 0 Å². The van der Waals surface area contributed by atoms with E-state index >= 15 is 0 Å². The number of urea groups is 1. The van der Waals surface area contributed by atoms with Gasteiger partial charge < -0.3 is 10.2 Å². The highest BCUT2D eigenvalue weighted by Gasteiger charge is 2.30. The zero-order chi connectivity index (χ0) is 14.1. The minimum atomic E-state index is -0.270. The predicted octanol–water partition coefficient (Wildman–Crippen LogP) is 1.38. The molecule has 2 heterocycles. The number of amides is 3. The maximum atomic E-state index is 12.3. The van der Waals surface area contributed by atoms with E-state index in [1.165, 1.54) is 10.5 Å². The number of carbonyl (C=O) groups is 2. The van der Waals surface area contributed by atoms with Crippen molar-refractivity contribution in [2.75, 3.05) is 24.5 Å². The predicted molar refractivity (Wildman–Crippen MR) is 76.7 cm³/mol. The van der Waals surface area contributed by atoms with Gasteiger partial charge in [-0.1, -0.05) is 18.2 Å². The highest BCUT2D eigenvalue weighted by molar-refractivity contribution is 5.98. The van der Waals surface area contributed by atoms with Crippen LogP contribution in [0.5, 0.6) is 0 Å². The molecule has 1 aromatic carbocycles. The highest BCUT2D eigenvalue weighted by Crippen LogP contribution is 2.30. The lowest BCUT2D eigenvalue weighted by atomic mass is 9.96. The molecule has 0 radical (unpaired) electrons. The highest BCUT2D eigenvalue weighted by atomic mass is 16.2. The third kappa shape index (κ3) is 2.24. The quantitative estimate of drug-likeness (QED) is 0.885. The van der Waals surface area contributed by atoms with Gasteiger partial charge in [0.05, 0.1) is 6.54 Å². The molecule has 2 aliphatic heterocycles. The van der Waals surface area contributed by atoms with Gasteiger partial charge in [0, 0.05) is 24.8 Å². The fraction of sp³-hybridized carbons (Fsp3) is 0.467. The number of benzene rings is 1. The summed E-state index contributed by atoms with van der Waals surface area (Å²) in [5, 5.41) is 2.67. The first-order valence-corrected chi connectivity index (χ1v) is 7.09. The first-order chi connectivity index (χ1) is 9.66. The number of nitrogens with zero attached hydrogens (tertiary/aromatic N) is 2. The second kappa shape index (κ2) is 5.15. The molecule has 0 aromatic heterocycles. The molecule has 1 fully saturated rings. The fourth-order valence-corrected chi connectivity index (χ4v) is 2.94. The van der Waals surface area contributed by atoms with Crippen molar-refractivity contribution in [1.82, 2.24) is 10.2 Å². The lowest BCUT2D eigenvalue weighted by molar-refractivity contribution is -0.126. The van der Waals surface area contributed by atoms with E-state index in [1.807, 2.05) is 12.1 Å². The summed E-state index contributed by atoms with van der Waals surface area (Å²) in [5.41, 5.74) is 2.41. The average Bonchev–Trinajstić information content (AvgIpc) is 2.88. The Morgan fingerprint density at radius 2 is 2.20 bits per heavy atom. The molecule has 3 rings (SSSR count). The minimum Gasteiger partial charge on any atom is -0.359 e. The molecule has 0 spiro atoms. The van der Waals surface area contributed by atoms with Crippen LogP contribution in [0.1, 0.15) is 18.9 Å². The number of imide groups is 1. The number of fused-ring (bicyclic) bond motifs is 1. The third-order valence-corrected chi connectivity index (χ3v) is 4.13. The molecule has 20 heavy (non-hydrogen) atoms. The molecule has 5 nitrogen and oxygen atoms in total. The zero-order valence-electron chi connectivity index (χ0n) is 11.6. The molecular weight excluding hydrogens is 254 g/mol. The molecule has 1 N–H and O–H groups in total. The monoisotopic (exact) mass is 273 g/mol. The molecule has 2 aliphatic rings. The van der Waals surface area contributed by atoms with Crippen molar-refractivity contribution in [2.45, 2.75) is 25.8 Å². The van der Waals surface area contributed by atoms with Crippen LogP contribution in [-0.4, -0.2) is 42.5 Å². The van der Waals surface area contributed by atoms with Crippen LogP contribution in [-0.2, 0) is 11.2 Å². The van der Waals surface area contributed by atoms with E-state index in [9.17, 15) is 9.59 Å². The van der Waals surface area contributed by atoms with E-state index in [-0.39, 0.29) is 18.5 Å². The minimum absolute atomic E-state index is 0.122. The molecular formula is C15H19N3O2. The Labute approximate surface area is 118 Å². The summed E-state index contributed by atoms with van der Waals surface area (Å²) in [6.45, 7) is 3.43. The van der Waals surface area contributed by atoms with Crippen molar-refractivity contribution in [3.8, 4) is 0 Å². The van der Waals surface area contributed by atoms with E-state index in [4.69, 9.17) is 0 Å². The van der Waals surface area contributed by atoms with Gasteiger partial charge in [0.15, 0.2) is 0 Å². The fourth-order valence-electron chi connectivity index (χ4n) is 2.94. The lowest BCUT2D eigenvalue weighted by Gasteiger charge is -2.37. The number of anilines is 1. The van der Waals surface area contributed by atoms with Crippen molar-refractivity contribution in [1.29, 1.82) is 0 Å². The van der Waals surface area contributed by atoms with Gasteiger partial charge in [-0.3, -0.25) is 9.69 Å². The molecule has 106 valence electrons. The Balaban J connectivity index is 1.79. The van der Waals surface area contributed by atoms with Crippen LogP contribution >= 0.6 is 0 Å². The van der Waals surface area contributed by atoms with Gasteiger partial charge in [-0.15, -0.1) is 0 Å². The standard InChI is InChI=1S/C15H19N3O2/c1-11-6-7-12-4-2-3-5-13(12)18(11)10-14(19)17-9-8-16-15(17)20/h2-5,11H,6-10H2,1H3,(H,16,20)/t11-/m0/s1. The Morgan fingerprint density at radius 1 is 1.40 bits per heavy atom. The van der Waals surface area contributed by atoms with Crippen LogP contribution in [0.2, 0.25) is 0 Å². The number of hydrogen-bond acceptors (Lipinski definition) is 3. The van der Waals surface area contributed by atoms with Crippen molar-refractivity contribution >= 4 is 17.6 Å². The third-order valence-electron chi connectivity index (χ3n) is 4.13. The van der Waals surface area contributed by atoms with E-state index in [0.717, 1.165) is 18.5 Å². The number of para-hydroxylation sites is 1. The molecule has 5 heteroatoms. The summed E-state index contributed by atoms with van der Waals surface area (Å²) >= 11 is 0. The van der Waals surface area contributed by atoms with E-state index in [2.05, 4.69) is 29.3 Å². The lowest BCUT2D eigenvalue weighted by Crippen LogP contribution is -2.46. The molecule has 1 atom stereocenters. The molecule has 1 aromatic rings. The number of carbonyl (C=O) groups excluding carboxylic acids is 2. The van der Waals surface area contributed by atoms with Gasteiger partial charge in [0.1, 0.15) is 0 Å². The Hall–Kier alpha value is -2.04. The normalized spacial score (nSPS) is 21.6. The molecule has 0 unspecified atom stereocenters. The topological polar surface area (TPSA) is 52.7 Å². The van der Waals surface area contributed by atoms with Gasteiger partial charge in [0.25, 0.3) is 0 Å². The van der Waals surface area contributed by atoms with Gasteiger partial charge in [-0.05, 0) is 31.4 Å². The van der Waals surface area contributed by atoms with Crippen LogP contribution in [0.25, 0.3) is 0 Å². The number of nitrogens with one attached hydrogen (secondary N) is 1. The maximum Gasteiger partial charge on any atom is 0.324 e. The Morgan fingerprint density at radius 3 is 2.95 bits per heavy atom. The summed E-state index contributed by atoms with van der Waals surface area (Å²) in [7, 11) is 0. The van der Waals surface area contributed by atoms with Crippen molar-refractivity contribution in [3.05, 3.63) is 29.8 Å². The molecule has 1 saturated heterocycles. The Bertz CT molecular complexity index is 544. The smallest absolute Gasteiger partial charge is 0.324 e. The summed E-state index contributed by atoms with van der Waals surface area (Å²) in [5.74, 6) is -0.122. The summed E-state index contributed by atoms with van der Waals surface area (Å²) < 4.78 is 0. The first-order valence-electron chi connectivity index (χ1n) is 7.09. The van der Waals surface area contributed by atoms with Crippen LogP contribution in [0.3, 0.4) is 0 Å². The van der Waals surface area contributed by atoms with E-state index in [1.54, 1.807) is 0 Å². The number of aryl methyl sites for hydroxylation is 1. The molecule has 3 amide bonds. The SMILES string of the molecule is C[C@H]1CCc2ccccc2N1CC(=O)N1CCNC1=O. The molecule has 0 bridgehead atoms. The van der Waals surface area contributed by atoms with Crippen molar-refractivity contribution in [2.24, 2.45) is 0 Å². The summed E-state index contributed by atoms with van der Waals surface area (Å²) in [6, 6.07) is 8.25. The van der Waals surface area contributed by atoms with Crippen LogP contribution in [0.4, 0.5) is 10.5 Å². The second-order valence-corrected chi connectivity index (χ2v) is 5.42. The van der Waals surface area contributed by atoms with Gasteiger partial charge in [0.2, 0.25) is 5.91 Å². The van der Waals surface area contributed by atoms with Crippen LogP contribution < -0.4 is 10.2 Å². The Kier molecular flexibility index (Phi) is 3.34. The zero-order valence-corrected chi connectivity index (χ0v) is 11.6. The second-order valence-electron chi connectivity index (χ2n) is 5.42.